The van der Waals surface area contributed by atoms with E-state index in [4.69, 9.17) is 11.6 Å². The molecule has 0 saturated heterocycles. The van der Waals surface area contributed by atoms with Gasteiger partial charge in [-0.3, -0.25) is 0 Å². The van der Waals surface area contributed by atoms with E-state index in [9.17, 15) is 0 Å². The number of anilines is 1. The number of nitrogens with one attached hydrogen (secondary N) is 1. The van der Waals surface area contributed by atoms with Crippen LogP contribution in [0.2, 0.25) is 5.28 Å². The Morgan fingerprint density at radius 2 is 2.14 bits per heavy atom. The van der Waals surface area contributed by atoms with E-state index in [1.165, 1.54) is 0 Å². The highest BCUT2D eigenvalue weighted by molar-refractivity contribution is 9.10. The predicted molar refractivity (Wildman–Crippen MR) is 61.8 cm³/mol. The van der Waals surface area contributed by atoms with Crippen molar-refractivity contribution in [3.05, 3.63) is 28.0 Å². The van der Waals surface area contributed by atoms with Crippen molar-refractivity contribution in [2.75, 3.05) is 12.4 Å². The van der Waals surface area contributed by atoms with Gasteiger partial charge in [0.25, 0.3) is 0 Å². The summed E-state index contributed by atoms with van der Waals surface area (Å²) in [7, 11) is 1.81. The molecule has 14 heavy (non-hydrogen) atoms. The summed E-state index contributed by atoms with van der Waals surface area (Å²) in [5.74, 6) is 0.743. The molecule has 2 rings (SSSR count). The molecule has 1 aromatic heterocycles. The van der Waals surface area contributed by atoms with Gasteiger partial charge in [0, 0.05) is 16.9 Å². The quantitative estimate of drug-likeness (QED) is 0.811. The number of halogens is 2. The van der Waals surface area contributed by atoms with Crippen LogP contribution < -0.4 is 5.32 Å². The molecule has 3 nitrogen and oxygen atoms in total. The molecule has 0 radical (unpaired) electrons. The van der Waals surface area contributed by atoms with Crippen molar-refractivity contribution in [3.63, 3.8) is 0 Å². The molecule has 0 unspecified atom stereocenters. The van der Waals surface area contributed by atoms with Crippen LogP contribution >= 0.6 is 27.5 Å². The molecule has 72 valence electrons. The SMILES string of the molecule is CNc1nc(Cl)nc2cc(Br)ccc12. The van der Waals surface area contributed by atoms with Crippen LogP contribution in [0.4, 0.5) is 5.82 Å². The molecule has 1 N–H and O–H groups in total. The molecule has 1 heterocycles. The van der Waals surface area contributed by atoms with Crippen molar-refractivity contribution in [1.82, 2.24) is 9.97 Å². The summed E-state index contributed by atoms with van der Waals surface area (Å²) in [4.78, 5) is 8.21. The molecule has 1 aromatic carbocycles. The fourth-order valence-electron chi connectivity index (χ4n) is 1.26. The number of fused-ring (bicyclic) bond motifs is 1. The van der Waals surface area contributed by atoms with E-state index in [0.717, 1.165) is 21.2 Å². The van der Waals surface area contributed by atoms with Crippen LogP contribution in [-0.4, -0.2) is 17.0 Å². The van der Waals surface area contributed by atoms with Gasteiger partial charge in [0.1, 0.15) is 5.82 Å². The molecule has 0 aliphatic rings. The number of nitrogens with zero attached hydrogens (tertiary/aromatic N) is 2. The van der Waals surface area contributed by atoms with Crippen molar-refractivity contribution >= 4 is 44.3 Å². The predicted octanol–water partition coefficient (Wildman–Crippen LogP) is 3.09. The fraction of sp³-hybridized carbons (Fsp3) is 0.111. The highest BCUT2D eigenvalue weighted by Crippen LogP contribution is 2.24. The molecule has 0 aliphatic carbocycles. The third kappa shape index (κ3) is 1.67. The second-order valence-electron chi connectivity index (χ2n) is 2.75. The van der Waals surface area contributed by atoms with Gasteiger partial charge in [-0.15, -0.1) is 0 Å². The highest BCUT2D eigenvalue weighted by Gasteiger charge is 2.04. The number of benzene rings is 1. The number of hydrogen-bond donors (Lipinski definition) is 1. The molecule has 0 aliphatic heterocycles. The first kappa shape index (κ1) is 9.68. The van der Waals surface area contributed by atoms with Crippen LogP contribution in [0, 0.1) is 0 Å². The molecule has 2 aromatic rings. The third-order valence-corrected chi connectivity index (χ3v) is 2.53. The normalized spacial score (nSPS) is 10.5. The third-order valence-electron chi connectivity index (χ3n) is 1.87. The Labute approximate surface area is 94.6 Å². The minimum absolute atomic E-state index is 0.250. The van der Waals surface area contributed by atoms with Crippen LogP contribution in [0.15, 0.2) is 22.7 Å². The smallest absolute Gasteiger partial charge is 0.224 e. The Kier molecular flexibility index (Phi) is 2.56. The number of hydrogen-bond acceptors (Lipinski definition) is 3. The average Bonchev–Trinajstić information content (AvgIpc) is 2.15. The summed E-state index contributed by atoms with van der Waals surface area (Å²) in [5, 5.41) is 4.19. The van der Waals surface area contributed by atoms with E-state index in [1.54, 1.807) is 7.05 Å². The molecule has 0 bridgehead atoms. The Balaban J connectivity index is 2.81. The summed E-state index contributed by atoms with van der Waals surface area (Å²) in [6, 6.07) is 5.80. The first-order valence-corrected chi connectivity index (χ1v) is 5.18. The van der Waals surface area contributed by atoms with Crippen molar-refractivity contribution in [1.29, 1.82) is 0 Å². The van der Waals surface area contributed by atoms with E-state index < -0.39 is 0 Å². The monoisotopic (exact) mass is 271 g/mol. The zero-order chi connectivity index (χ0) is 10.1. The van der Waals surface area contributed by atoms with Gasteiger partial charge in [-0.2, -0.15) is 0 Å². The lowest BCUT2D eigenvalue weighted by Gasteiger charge is -2.04. The average molecular weight is 273 g/mol. The zero-order valence-electron chi connectivity index (χ0n) is 7.38. The fourth-order valence-corrected chi connectivity index (χ4v) is 1.79. The Hall–Kier alpha value is -0.870. The van der Waals surface area contributed by atoms with Gasteiger partial charge >= 0.3 is 0 Å². The van der Waals surface area contributed by atoms with Gasteiger partial charge in [0.05, 0.1) is 5.52 Å². The molecular weight excluding hydrogens is 265 g/mol. The molecular formula is C9H7BrClN3. The Morgan fingerprint density at radius 1 is 1.36 bits per heavy atom. The molecule has 0 fully saturated rings. The summed E-state index contributed by atoms with van der Waals surface area (Å²) in [5.41, 5.74) is 0.823. The van der Waals surface area contributed by atoms with E-state index in [-0.39, 0.29) is 5.28 Å². The van der Waals surface area contributed by atoms with Crippen LogP contribution in [-0.2, 0) is 0 Å². The second kappa shape index (κ2) is 3.71. The van der Waals surface area contributed by atoms with Crippen molar-refractivity contribution in [2.24, 2.45) is 0 Å². The number of aromatic nitrogens is 2. The zero-order valence-corrected chi connectivity index (χ0v) is 9.72. The van der Waals surface area contributed by atoms with E-state index in [2.05, 4.69) is 31.2 Å². The second-order valence-corrected chi connectivity index (χ2v) is 4.01. The number of rotatable bonds is 1. The lowest BCUT2D eigenvalue weighted by molar-refractivity contribution is 1.21. The summed E-state index contributed by atoms with van der Waals surface area (Å²) in [6.45, 7) is 0. The molecule has 0 atom stereocenters. The minimum atomic E-state index is 0.250. The molecule has 5 heteroatoms. The molecule has 0 amide bonds. The molecule has 0 spiro atoms. The largest absolute Gasteiger partial charge is 0.372 e. The van der Waals surface area contributed by atoms with Crippen molar-refractivity contribution in [2.45, 2.75) is 0 Å². The molecule has 0 saturated carbocycles. The van der Waals surface area contributed by atoms with Crippen molar-refractivity contribution < 1.29 is 0 Å². The summed E-state index contributed by atoms with van der Waals surface area (Å²) < 4.78 is 0.974. The maximum Gasteiger partial charge on any atom is 0.224 e. The van der Waals surface area contributed by atoms with Crippen molar-refractivity contribution in [3.8, 4) is 0 Å². The first-order chi connectivity index (χ1) is 6.70. The lowest BCUT2D eigenvalue weighted by atomic mass is 10.2. The van der Waals surface area contributed by atoms with Gasteiger partial charge in [-0.05, 0) is 29.8 Å². The summed E-state index contributed by atoms with van der Waals surface area (Å²) in [6.07, 6.45) is 0. The topological polar surface area (TPSA) is 37.8 Å². The van der Waals surface area contributed by atoms with Crippen LogP contribution in [0.3, 0.4) is 0 Å². The highest BCUT2D eigenvalue weighted by atomic mass is 79.9. The van der Waals surface area contributed by atoms with Crippen LogP contribution in [0.5, 0.6) is 0 Å². The van der Waals surface area contributed by atoms with Gasteiger partial charge in [0.15, 0.2) is 0 Å². The summed E-state index contributed by atoms with van der Waals surface area (Å²) >= 11 is 9.16. The van der Waals surface area contributed by atoms with Gasteiger partial charge < -0.3 is 5.32 Å². The first-order valence-electron chi connectivity index (χ1n) is 4.01. The van der Waals surface area contributed by atoms with Gasteiger partial charge in [0.2, 0.25) is 5.28 Å². The van der Waals surface area contributed by atoms with E-state index in [0.29, 0.717) is 0 Å². The van der Waals surface area contributed by atoms with Crippen LogP contribution in [0.1, 0.15) is 0 Å². The standard InChI is InChI=1S/C9H7BrClN3/c1-12-8-6-3-2-5(10)4-7(6)13-9(11)14-8/h2-4H,1H3,(H,12,13,14). The van der Waals surface area contributed by atoms with E-state index >= 15 is 0 Å². The minimum Gasteiger partial charge on any atom is -0.372 e. The van der Waals surface area contributed by atoms with Gasteiger partial charge in [-0.25, -0.2) is 9.97 Å². The maximum absolute atomic E-state index is 5.78. The van der Waals surface area contributed by atoms with Gasteiger partial charge in [-0.1, -0.05) is 15.9 Å². The van der Waals surface area contributed by atoms with Crippen LogP contribution in [0.25, 0.3) is 10.9 Å². The Bertz CT molecular complexity index is 481. The Morgan fingerprint density at radius 3 is 2.86 bits per heavy atom. The maximum atomic E-state index is 5.78. The lowest BCUT2D eigenvalue weighted by Crippen LogP contribution is -1.96. The van der Waals surface area contributed by atoms with E-state index in [1.807, 2.05) is 18.2 Å².